The summed E-state index contributed by atoms with van der Waals surface area (Å²) in [5.41, 5.74) is -1.55. The van der Waals surface area contributed by atoms with Gasteiger partial charge in [-0.1, -0.05) is 62.4 Å². The first kappa shape index (κ1) is 27.9. The Labute approximate surface area is 211 Å². The molecule has 1 heterocycles. The van der Waals surface area contributed by atoms with Gasteiger partial charge in [0.05, 0.1) is 6.04 Å². The molecule has 1 aliphatic carbocycles. The first-order chi connectivity index (χ1) is 17.1. The second-order valence-corrected chi connectivity index (χ2v) is 11.0. The number of carbonyl (C=O) groups excluding carboxylic acids is 3. The zero-order valence-corrected chi connectivity index (χ0v) is 20.9. The van der Waals surface area contributed by atoms with E-state index >= 15 is 0 Å². The fourth-order valence-corrected chi connectivity index (χ4v) is 5.40. The molecule has 0 unspecified atom stereocenters. The molecule has 3 rings (SSSR count). The smallest absolute Gasteiger partial charge is 0.408 e. The molecular weight excluding hydrogens is 490 g/mol. The Morgan fingerprint density at radius 3 is 2.36 bits per heavy atom. The Balaban J connectivity index is 1.70. The fourth-order valence-electron chi connectivity index (χ4n) is 4.81. The van der Waals surface area contributed by atoms with Crippen molar-refractivity contribution in [3.8, 4) is 0 Å². The molecule has 1 aromatic rings. The van der Waals surface area contributed by atoms with Crippen molar-refractivity contribution in [2.45, 2.75) is 75.5 Å². The predicted octanol–water partition coefficient (Wildman–Crippen LogP) is 1.47. The number of alkyl carbamates (subject to hydrolysis) is 1. The molecule has 0 aromatic heterocycles. The summed E-state index contributed by atoms with van der Waals surface area (Å²) in [5, 5.41) is 17.9. The molecule has 0 radical (unpaired) electrons. The second-order valence-electron chi connectivity index (χ2n) is 9.53. The van der Waals surface area contributed by atoms with Gasteiger partial charge in [0.15, 0.2) is 0 Å². The molecule has 1 saturated carbocycles. The quantitative estimate of drug-likeness (QED) is 0.270. The van der Waals surface area contributed by atoms with Gasteiger partial charge in [-0.05, 0) is 30.7 Å². The van der Waals surface area contributed by atoms with Gasteiger partial charge in [0.25, 0.3) is 10.1 Å². The molecule has 3 amide bonds. The summed E-state index contributed by atoms with van der Waals surface area (Å²) in [4.78, 5) is 37.8. The molecule has 36 heavy (non-hydrogen) atoms. The van der Waals surface area contributed by atoms with E-state index in [0.29, 0.717) is 19.4 Å². The molecular formula is C24H35N3O8S. The highest BCUT2D eigenvalue weighted by Crippen LogP contribution is 2.28. The largest absolute Gasteiger partial charge is 0.445 e. The molecule has 0 spiro atoms. The number of nitrogens with one attached hydrogen (secondary N) is 3. The van der Waals surface area contributed by atoms with Crippen molar-refractivity contribution in [2.24, 2.45) is 11.8 Å². The van der Waals surface area contributed by atoms with E-state index in [1.54, 1.807) is 24.3 Å². The van der Waals surface area contributed by atoms with Crippen molar-refractivity contribution < 1.29 is 37.2 Å². The van der Waals surface area contributed by atoms with Gasteiger partial charge in [-0.15, -0.1) is 0 Å². The van der Waals surface area contributed by atoms with Gasteiger partial charge in [0, 0.05) is 12.5 Å². The number of benzene rings is 1. The summed E-state index contributed by atoms with van der Waals surface area (Å²) >= 11 is 0. The summed E-state index contributed by atoms with van der Waals surface area (Å²) in [7, 11) is -4.92. The van der Waals surface area contributed by atoms with Crippen molar-refractivity contribution >= 4 is 28.0 Å². The lowest BCUT2D eigenvalue weighted by molar-refractivity contribution is -0.126. The SMILES string of the molecule is O=C(N[C@@H](CC1CCCCC1)C(=O)N[C@@H](C[C@@H]1CCNC1=O)[C@H](O)S(=O)(=O)O)OCc1ccccc1. The van der Waals surface area contributed by atoms with E-state index in [2.05, 4.69) is 16.0 Å². The van der Waals surface area contributed by atoms with Gasteiger partial charge in [-0.2, -0.15) is 8.42 Å². The standard InChI is InChI=1S/C24H35N3O8S/c28-21-18(11-12-25-21)14-20(23(30)36(32,33)34)26-22(29)19(13-16-7-3-1-4-8-16)27-24(31)35-15-17-9-5-2-6-10-17/h2,5-6,9-10,16,18-20,23,30H,1,3-4,7-8,11-15H2,(H,25,28)(H,26,29)(H,27,31)(H,32,33,34)/t18-,19-,20-,23+/m0/s1. The highest BCUT2D eigenvalue weighted by atomic mass is 32.2. The molecule has 1 aliphatic heterocycles. The first-order valence-electron chi connectivity index (χ1n) is 12.3. The van der Waals surface area contributed by atoms with Crippen molar-refractivity contribution in [2.75, 3.05) is 6.54 Å². The number of rotatable bonds is 11. The highest BCUT2D eigenvalue weighted by molar-refractivity contribution is 7.86. The molecule has 2 aliphatic rings. The number of hydrogen-bond donors (Lipinski definition) is 5. The van der Waals surface area contributed by atoms with Gasteiger partial charge < -0.3 is 25.8 Å². The zero-order valence-electron chi connectivity index (χ0n) is 20.1. The highest BCUT2D eigenvalue weighted by Gasteiger charge is 2.38. The Morgan fingerprint density at radius 1 is 1.06 bits per heavy atom. The van der Waals surface area contributed by atoms with Crippen LogP contribution in [0.1, 0.15) is 56.9 Å². The van der Waals surface area contributed by atoms with Gasteiger partial charge in [0.2, 0.25) is 17.3 Å². The van der Waals surface area contributed by atoms with Crippen LogP contribution in [-0.2, 0) is 31.1 Å². The lowest BCUT2D eigenvalue weighted by atomic mass is 9.84. The minimum Gasteiger partial charge on any atom is -0.445 e. The van der Waals surface area contributed by atoms with E-state index in [-0.39, 0.29) is 24.9 Å². The average Bonchev–Trinajstić information content (AvgIpc) is 3.26. The molecule has 5 N–H and O–H groups in total. The van der Waals surface area contributed by atoms with Crippen molar-refractivity contribution in [1.82, 2.24) is 16.0 Å². The normalized spacial score (nSPS) is 21.2. The fraction of sp³-hybridized carbons (Fsp3) is 0.625. The summed E-state index contributed by atoms with van der Waals surface area (Å²) in [6.07, 6.45) is 4.63. The second kappa shape index (κ2) is 13.0. The number of aliphatic hydroxyl groups excluding tert-OH is 1. The summed E-state index contributed by atoms with van der Waals surface area (Å²) in [6.45, 7) is 0.399. The molecule has 11 nitrogen and oxygen atoms in total. The Kier molecular flexibility index (Phi) is 10.1. The van der Waals surface area contributed by atoms with Crippen molar-refractivity contribution in [1.29, 1.82) is 0 Å². The molecule has 1 aromatic carbocycles. The van der Waals surface area contributed by atoms with Gasteiger partial charge in [0.1, 0.15) is 12.6 Å². The molecule has 1 saturated heterocycles. The van der Waals surface area contributed by atoms with Gasteiger partial charge in [-0.25, -0.2) is 4.79 Å². The molecule has 2 fully saturated rings. The van der Waals surface area contributed by atoms with Crippen LogP contribution in [0.3, 0.4) is 0 Å². The lowest BCUT2D eigenvalue weighted by Gasteiger charge is -2.29. The third kappa shape index (κ3) is 8.45. The maximum Gasteiger partial charge on any atom is 0.408 e. The van der Waals surface area contributed by atoms with Crippen LogP contribution in [0, 0.1) is 11.8 Å². The number of carbonyl (C=O) groups is 3. The molecule has 0 bridgehead atoms. The van der Waals surface area contributed by atoms with Crippen LogP contribution in [0.2, 0.25) is 0 Å². The number of hydrogen-bond acceptors (Lipinski definition) is 7. The molecule has 4 atom stereocenters. The average molecular weight is 526 g/mol. The first-order valence-corrected chi connectivity index (χ1v) is 13.8. The van der Waals surface area contributed by atoms with Crippen LogP contribution in [0.4, 0.5) is 4.79 Å². The van der Waals surface area contributed by atoms with Crippen LogP contribution in [0.15, 0.2) is 30.3 Å². The molecule has 12 heteroatoms. The van der Waals surface area contributed by atoms with Crippen LogP contribution >= 0.6 is 0 Å². The van der Waals surface area contributed by atoms with E-state index in [0.717, 1.165) is 37.7 Å². The van der Waals surface area contributed by atoms with Gasteiger partial charge in [-0.3, -0.25) is 14.1 Å². The Morgan fingerprint density at radius 2 is 1.75 bits per heavy atom. The third-order valence-corrected chi connectivity index (χ3v) is 7.73. The Hall–Kier alpha value is -2.70. The van der Waals surface area contributed by atoms with Crippen LogP contribution < -0.4 is 16.0 Å². The van der Waals surface area contributed by atoms with Crippen LogP contribution in [0.5, 0.6) is 0 Å². The Bertz CT molecular complexity index is 998. The number of aliphatic hydroxyl groups is 1. The summed E-state index contributed by atoms with van der Waals surface area (Å²) in [6, 6.07) is 6.53. The predicted molar refractivity (Wildman–Crippen MR) is 130 cm³/mol. The van der Waals surface area contributed by atoms with Crippen LogP contribution in [-0.4, -0.2) is 60.0 Å². The number of ether oxygens (including phenoxy) is 1. The van der Waals surface area contributed by atoms with Gasteiger partial charge >= 0.3 is 6.09 Å². The summed E-state index contributed by atoms with van der Waals surface area (Å²) < 4.78 is 38.0. The van der Waals surface area contributed by atoms with Crippen LogP contribution in [0.25, 0.3) is 0 Å². The lowest BCUT2D eigenvalue weighted by Crippen LogP contribution is -2.55. The van der Waals surface area contributed by atoms with E-state index in [9.17, 15) is 32.5 Å². The minimum absolute atomic E-state index is 0.00529. The van der Waals surface area contributed by atoms with Crippen molar-refractivity contribution in [3.05, 3.63) is 35.9 Å². The third-order valence-electron chi connectivity index (χ3n) is 6.79. The minimum atomic E-state index is -4.92. The van der Waals surface area contributed by atoms with E-state index in [1.165, 1.54) is 0 Å². The summed E-state index contributed by atoms with van der Waals surface area (Å²) in [5.74, 6) is -1.50. The number of amides is 3. The van der Waals surface area contributed by atoms with E-state index < -0.39 is 45.6 Å². The molecule has 200 valence electrons. The van der Waals surface area contributed by atoms with E-state index in [4.69, 9.17) is 4.74 Å². The van der Waals surface area contributed by atoms with E-state index in [1.807, 2.05) is 6.07 Å². The zero-order chi connectivity index (χ0) is 26.1. The topological polar surface area (TPSA) is 171 Å². The monoisotopic (exact) mass is 525 g/mol. The maximum atomic E-state index is 13.3. The van der Waals surface area contributed by atoms with Crippen molar-refractivity contribution in [3.63, 3.8) is 0 Å². The maximum absolute atomic E-state index is 13.3.